The summed E-state index contributed by atoms with van der Waals surface area (Å²) in [6.45, 7) is 3.78. The molecule has 0 unspecified atom stereocenters. The fraction of sp³-hybridized carbons (Fsp3) is 0.182. The lowest BCUT2D eigenvalue weighted by atomic mass is 10.1. The zero-order chi connectivity index (χ0) is 11.2. The topological polar surface area (TPSA) is 50.4 Å². The van der Waals surface area contributed by atoms with Crippen molar-refractivity contribution in [3.05, 3.63) is 38.2 Å². The number of fused-ring (bicyclic) bond motifs is 1. The maximum absolute atomic E-state index is 11.3. The van der Waals surface area contributed by atoms with Gasteiger partial charge in [-0.3, -0.25) is 0 Å². The summed E-state index contributed by atoms with van der Waals surface area (Å²) in [6, 6.07) is 3.62. The summed E-state index contributed by atoms with van der Waals surface area (Å²) in [5.41, 5.74) is 1.77. The van der Waals surface area contributed by atoms with Crippen molar-refractivity contribution in [1.29, 1.82) is 0 Å². The molecule has 1 N–H and O–H groups in total. The number of halogens is 1. The molecule has 78 valence electrons. The second kappa shape index (κ2) is 3.38. The van der Waals surface area contributed by atoms with Crippen LogP contribution < -0.4 is 5.63 Å². The van der Waals surface area contributed by atoms with Crippen LogP contribution in [0.1, 0.15) is 11.1 Å². The lowest BCUT2D eigenvalue weighted by Gasteiger charge is -2.06. The highest BCUT2D eigenvalue weighted by Crippen LogP contribution is 2.31. The number of rotatable bonds is 0. The molecule has 0 fully saturated rings. The second-order valence-corrected chi connectivity index (χ2v) is 4.23. The minimum Gasteiger partial charge on any atom is -0.506 e. The van der Waals surface area contributed by atoms with Gasteiger partial charge in [0.2, 0.25) is 0 Å². The van der Waals surface area contributed by atoms with Crippen molar-refractivity contribution in [2.24, 2.45) is 0 Å². The molecule has 1 aromatic carbocycles. The minimum absolute atomic E-state index is 0.0654. The van der Waals surface area contributed by atoms with E-state index in [0.29, 0.717) is 11.0 Å². The van der Waals surface area contributed by atoms with E-state index in [-0.39, 0.29) is 10.2 Å². The summed E-state index contributed by atoms with van der Waals surface area (Å²) < 4.78 is 5.19. The van der Waals surface area contributed by atoms with Crippen LogP contribution >= 0.6 is 15.9 Å². The van der Waals surface area contributed by atoms with Gasteiger partial charge in [0.15, 0.2) is 0 Å². The van der Waals surface area contributed by atoms with E-state index in [9.17, 15) is 9.90 Å². The largest absolute Gasteiger partial charge is 0.506 e. The lowest BCUT2D eigenvalue weighted by molar-refractivity contribution is 0.462. The van der Waals surface area contributed by atoms with Crippen molar-refractivity contribution in [2.75, 3.05) is 0 Å². The number of benzene rings is 1. The van der Waals surface area contributed by atoms with Crippen LogP contribution in [0.25, 0.3) is 11.0 Å². The fourth-order valence-corrected chi connectivity index (χ4v) is 1.76. The first kappa shape index (κ1) is 10.2. The van der Waals surface area contributed by atoms with Crippen molar-refractivity contribution >= 4 is 26.9 Å². The molecular formula is C11H9BrO3. The molecule has 1 heterocycles. The first-order valence-corrected chi connectivity index (χ1v) is 5.23. The lowest BCUT2D eigenvalue weighted by Crippen LogP contribution is -2.01. The van der Waals surface area contributed by atoms with Crippen LogP contribution in [0.2, 0.25) is 0 Å². The average molecular weight is 269 g/mol. The Morgan fingerprint density at radius 3 is 2.67 bits per heavy atom. The Morgan fingerprint density at radius 2 is 2.00 bits per heavy atom. The standard InChI is InChI=1S/C11H9BrO3/c1-5-3-4-7-9(13)8(12)11(14)15-10(7)6(5)2/h3-4,13H,1-2H3. The van der Waals surface area contributed by atoms with Crippen molar-refractivity contribution in [2.45, 2.75) is 13.8 Å². The molecule has 2 rings (SSSR count). The van der Waals surface area contributed by atoms with Crippen LogP contribution in [0.15, 0.2) is 25.8 Å². The minimum atomic E-state index is -0.561. The molecule has 0 atom stereocenters. The summed E-state index contributed by atoms with van der Waals surface area (Å²) in [7, 11) is 0. The Kier molecular flexibility index (Phi) is 2.31. The van der Waals surface area contributed by atoms with Gasteiger partial charge in [0, 0.05) is 0 Å². The molecule has 0 amide bonds. The van der Waals surface area contributed by atoms with Crippen molar-refractivity contribution in [3.63, 3.8) is 0 Å². The molecular weight excluding hydrogens is 260 g/mol. The Morgan fingerprint density at radius 1 is 1.33 bits per heavy atom. The number of hydrogen-bond donors (Lipinski definition) is 1. The predicted molar refractivity (Wildman–Crippen MR) is 61.3 cm³/mol. The van der Waals surface area contributed by atoms with Gasteiger partial charge in [-0.05, 0) is 47.0 Å². The summed E-state index contributed by atoms with van der Waals surface area (Å²) >= 11 is 2.99. The Bertz CT molecular complexity index is 599. The smallest absolute Gasteiger partial charge is 0.354 e. The zero-order valence-electron chi connectivity index (χ0n) is 8.30. The molecule has 0 aliphatic rings. The van der Waals surface area contributed by atoms with Crippen molar-refractivity contribution in [1.82, 2.24) is 0 Å². The Balaban J connectivity index is 3.05. The van der Waals surface area contributed by atoms with E-state index in [0.717, 1.165) is 11.1 Å². The van der Waals surface area contributed by atoms with Gasteiger partial charge in [-0.1, -0.05) is 6.07 Å². The van der Waals surface area contributed by atoms with Crippen LogP contribution in [0.3, 0.4) is 0 Å². The normalized spacial score (nSPS) is 10.9. The third-order valence-corrected chi connectivity index (χ3v) is 3.21. The molecule has 0 saturated carbocycles. The van der Waals surface area contributed by atoms with E-state index in [1.54, 1.807) is 6.07 Å². The first-order valence-electron chi connectivity index (χ1n) is 4.44. The first-order chi connectivity index (χ1) is 7.02. The zero-order valence-corrected chi connectivity index (χ0v) is 9.88. The summed E-state index contributed by atoms with van der Waals surface area (Å²) in [5.74, 6) is -0.0654. The highest BCUT2D eigenvalue weighted by Gasteiger charge is 2.13. The SMILES string of the molecule is Cc1ccc2c(O)c(Br)c(=O)oc2c1C. The number of aryl methyl sites for hydroxylation is 2. The van der Waals surface area contributed by atoms with Gasteiger partial charge in [0.1, 0.15) is 15.8 Å². The molecule has 0 aliphatic heterocycles. The maximum atomic E-state index is 11.3. The average Bonchev–Trinajstić information content (AvgIpc) is 2.21. The van der Waals surface area contributed by atoms with Crippen LogP contribution in [-0.2, 0) is 0 Å². The van der Waals surface area contributed by atoms with E-state index in [4.69, 9.17) is 4.42 Å². The van der Waals surface area contributed by atoms with Crippen LogP contribution in [0, 0.1) is 13.8 Å². The second-order valence-electron chi connectivity index (χ2n) is 3.44. The van der Waals surface area contributed by atoms with E-state index >= 15 is 0 Å². The molecule has 0 aliphatic carbocycles. The molecule has 0 bridgehead atoms. The fourth-order valence-electron chi connectivity index (χ4n) is 1.46. The molecule has 3 nitrogen and oxygen atoms in total. The van der Waals surface area contributed by atoms with E-state index in [2.05, 4.69) is 15.9 Å². The third-order valence-electron chi connectivity index (χ3n) is 2.51. The molecule has 0 radical (unpaired) electrons. The molecule has 4 heteroatoms. The van der Waals surface area contributed by atoms with Crippen LogP contribution in [0.4, 0.5) is 0 Å². The van der Waals surface area contributed by atoms with Crippen LogP contribution in [0.5, 0.6) is 5.75 Å². The van der Waals surface area contributed by atoms with Gasteiger partial charge in [-0.2, -0.15) is 0 Å². The van der Waals surface area contributed by atoms with Gasteiger partial charge in [-0.15, -0.1) is 0 Å². The Hall–Kier alpha value is -1.29. The molecule has 0 saturated heterocycles. The van der Waals surface area contributed by atoms with Gasteiger partial charge in [-0.25, -0.2) is 4.79 Å². The Labute approximate surface area is 94.5 Å². The van der Waals surface area contributed by atoms with E-state index < -0.39 is 5.63 Å². The summed E-state index contributed by atoms with van der Waals surface area (Å²) in [4.78, 5) is 11.3. The van der Waals surface area contributed by atoms with Crippen molar-refractivity contribution < 1.29 is 9.52 Å². The maximum Gasteiger partial charge on any atom is 0.354 e. The molecule has 1 aromatic heterocycles. The quantitative estimate of drug-likeness (QED) is 0.748. The van der Waals surface area contributed by atoms with Gasteiger partial charge >= 0.3 is 5.63 Å². The highest BCUT2D eigenvalue weighted by molar-refractivity contribution is 9.10. The number of aromatic hydroxyl groups is 1. The van der Waals surface area contributed by atoms with E-state index in [1.807, 2.05) is 19.9 Å². The third kappa shape index (κ3) is 1.45. The summed E-state index contributed by atoms with van der Waals surface area (Å²) in [5, 5.41) is 10.3. The summed E-state index contributed by atoms with van der Waals surface area (Å²) in [6.07, 6.45) is 0. The molecule has 15 heavy (non-hydrogen) atoms. The van der Waals surface area contributed by atoms with Gasteiger partial charge in [0.25, 0.3) is 0 Å². The highest BCUT2D eigenvalue weighted by atomic mass is 79.9. The molecule has 2 aromatic rings. The van der Waals surface area contributed by atoms with E-state index in [1.165, 1.54) is 0 Å². The van der Waals surface area contributed by atoms with Gasteiger partial charge < -0.3 is 9.52 Å². The number of hydrogen-bond acceptors (Lipinski definition) is 3. The molecule has 0 spiro atoms. The van der Waals surface area contributed by atoms with Crippen molar-refractivity contribution in [3.8, 4) is 5.75 Å². The predicted octanol–water partition coefficient (Wildman–Crippen LogP) is 2.88. The van der Waals surface area contributed by atoms with Crippen LogP contribution in [-0.4, -0.2) is 5.11 Å². The monoisotopic (exact) mass is 268 g/mol. The van der Waals surface area contributed by atoms with Gasteiger partial charge in [0.05, 0.1) is 5.39 Å².